The van der Waals surface area contributed by atoms with Gasteiger partial charge in [-0.3, -0.25) is 0 Å². The van der Waals surface area contributed by atoms with Gasteiger partial charge in [-0.15, -0.1) is 0 Å². The van der Waals surface area contributed by atoms with Crippen molar-refractivity contribution in [2.24, 2.45) is 0 Å². The number of nitrogens with zero attached hydrogens (tertiary/aromatic N) is 1. The van der Waals surface area contributed by atoms with Crippen molar-refractivity contribution in [2.75, 3.05) is 36.8 Å². The molecule has 1 saturated heterocycles. The van der Waals surface area contributed by atoms with Gasteiger partial charge < -0.3 is 30.6 Å². The Labute approximate surface area is 148 Å². The molecule has 2 heterocycles. The monoisotopic (exact) mass is 361 g/mol. The number of rotatable bonds is 3. The van der Waals surface area contributed by atoms with Crippen molar-refractivity contribution in [1.29, 1.82) is 0 Å². The number of carbonyl (C=O) groups is 2. The number of piperazine rings is 1. The highest BCUT2D eigenvalue weighted by molar-refractivity contribution is 5.90. The van der Waals surface area contributed by atoms with Crippen LogP contribution in [0.2, 0.25) is 0 Å². The van der Waals surface area contributed by atoms with Gasteiger partial charge in [-0.1, -0.05) is 12.1 Å². The molecular formula is C17H19N3O6. The number of carboxylic acids is 2. The molecule has 1 aliphatic rings. The van der Waals surface area contributed by atoms with Crippen LogP contribution in [0, 0.1) is 0 Å². The number of nitrogens with two attached hydrogens (primary N) is 1. The standard InChI is InChI=1S/C13H15N3O2.C4H4O4/c14-10-8-9-2-1-3-11(12(9)18-13(10)17)16-6-4-15-5-7-16;5-3(6)1-2-4(7)8/h1-3,8,15H,4-7,14H2;1-2H,(H,5,6)(H,7,8)/b;2-1-. The number of hydrogen-bond donors (Lipinski definition) is 4. The average molecular weight is 361 g/mol. The number of carboxylic acid groups (broad SMARTS) is 2. The molecule has 0 aliphatic carbocycles. The van der Waals surface area contributed by atoms with E-state index in [4.69, 9.17) is 20.4 Å². The van der Waals surface area contributed by atoms with Gasteiger partial charge in [0.2, 0.25) is 0 Å². The van der Waals surface area contributed by atoms with Crippen LogP contribution >= 0.6 is 0 Å². The van der Waals surface area contributed by atoms with E-state index in [-0.39, 0.29) is 5.69 Å². The van der Waals surface area contributed by atoms with Crippen LogP contribution in [0.1, 0.15) is 0 Å². The van der Waals surface area contributed by atoms with Gasteiger partial charge in [0.05, 0.1) is 5.69 Å². The van der Waals surface area contributed by atoms with Crippen LogP contribution in [0.25, 0.3) is 11.0 Å². The molecule has 1 aromatic carbocycles. The highest BCUT2D eigenvalue weighted by Gasteiger charge is 2.15. The summed E-state index contributed by atoms with van der Waals surface area (Å²) in [6, 6.07) is 7.51. The maximum atomic E-state index is 11.5. The maximum absolute atomic E-state index is 11.5. The SMILES string of the molecule is Nc1cc2cccc(N3CCNCC3)c2oc1=O.O=C(O)/C=C\C(=O)O. The lowest BCUT2D eigenvalue weighted by Crippen LogP contribution is -2.43. The molecule has 9 nitrogen and oxygen atoms in total. The number of nitrogen functional groups attached to an aromatic ring is 1. The molecule has 0 unspecified atom stereocenters. The van der Waals surface area contributed by atoms with Crippen molar-refractivity contribution in [1.82, 2.24) is 5.32 Å². The van der Waals surface area contributed by atoms with Crippen molar-refractivity contribution in [2.45, 2.75) is 0 Å². The number of fused-ring (bicyclic) bond motifs is 1. The van der Waals surface area contributed by atoms with E-state index in [0.29, 0.717) is 17.7 Å². The Bertz CT molecular complexity index is 868. The lowest BCUT2D eigenvalue weighted by atomic mass is 10.1. The van der Waals surface area contributed by atoms with E-state index in [9.17, 15) is 14.4 Å². The minimum Gasteiger partial charge on any atom is -0.478 e. The fraction of sp³-hybridized carbons (Fsp3) is 0.235. The van der Waals surface area contributed by atoms with E-state index in [1.165, 1.54) is 0 Å². The second-order valence-corrected chi connectivity index (χ2v) is 5.43. The van der Waals surface area contributed by atoms with Crippen LogP contribution in [0.3, 0.4) is 0 Å². The largest absolute Gasteiger partial charge is 0.478 e. The Hall–Kier alpha value is -3.33. The molecule has 5 N–H and O–H groups in total. The zero-order valence-electron chi connectivity index (χ0n) is 13.8. The second kappa shape index (κ2) is 8.67. The number of aliphatic carboxylic acids is 2. The zero-order chi connectivity index (χ0) is 19.1. The molecule has 0 atom stereocenters. The summed E-state index contributed by atoms with van der Waals surface area (Å²) in [4.78, 5) is 32.9. The lowest BCUT2D eigenvalue weighted by Gasteiger charge is -2.29. The highest BCUT2D eigenvalue weighted by atomic mass is 16.4. The number of para-hydroxylation sites is 1. The molecule has 9 heteroatoms. The average Bonchev–Trinajstić information content (AvgIpc) is 2.62. The van der Waals surface area contributed by atoms with Crippen LogP contribution in [0.15, 0.2) is 45.6 Å². The molecule has 0 amide bonds. The fourth-order valence-corrected chi connectivity index (χ4v) is 2.44. The van der Waals surface area contributed by atoms with Gasteiger partial charge in [-0.2, -0.15) is 0 Å². The molecule has 138 valence electrons. The van der Waals surface area contributed by atoms with Crippen LogP contribution in [-0.2, 0) is 9.59 Å². The van der Waals surface area contributed by atoms with Crippen LogP contribution in [0.4, 0.5) is 11.4 Å². The molecule has 2 aromatic rings. The Morgan fingerprint density at radius 3 is 2.35 bits per heavy atom. The van der Waals surface area contributed by atoms with Crippen molar-refractivity contribution < 1.29 is 24.2 Å². The Balaban J connectivity index is 0.000000260. The predicted octanol–water partition coefficient (Wildman–Crippen LogP) is 0.497. The molecule has 1 aliphatic heterocycles. The van der Waals surface area contributed by atoms with E-state index < -0.39 is 17.6 Å². The number of benzene rings is 1. The van der Waals surface area contributed by atoms with Gasteiger partial charge in [0.15, 0.2) is 5.58 Å². The van der Waals surface area contributed by atoms with Gasteiger partial charge in [0.25, 0.3) is 0 Å². The van der Waals surface area contributed by atoms with Gasteiger partial charge >= 0.3 is 17.6 Å². The first-order valence-electron chi connectivity index (χ1n) is 7.80. The smallest absolute Gasteiger partial charge is 0.359 e. The Morgan fingerprint density at radius 2 is 1.77 bits per heavy atom. The first-order valence-corrected chi connectivity index (χ1v) is 7.80. The maximum Gasteiger partial charge on any atom is 0.359 e. The van der Waals surface area contributed by atoms with Gasteiger partial charge in [-0.25, -0.2) is 14.4 Å². The summed E-state index contributed by atoms with van der Waals surface area (Å²) in [6.45, 7) is 3.70. The quantitative estimate of drug-likeness (QED) is 0.453. The fourth-order valence-electron chi connectivity index (χ4n) is 2.44. The lowest BCUT2D eigenvalue weighted by molar-refractivity contribution is -0.134. The molecule has 1 fully saturated rings. The van der Waals surface area contributed by atoms with E-state index in [2.05, 4.69) is 10.2 Å². The molecule has 0 radical (unpaired) electrons. The second-order valence-electron chi connectivity index (χ2n) is 5.43. The van der Waals surface area contributed by atoms with Crippen molar-refractivity contribution in [3.63, 3.8) is 0 Å². The topological polar surface area (TPSA) is 146 Å². The van der Waals surface area contributed by atoms with Gasteiger partial charge in [-0.05, 0) is 12.1 Å². The summed E-state index contributed by atoms with van der Waals surface area (Å²) in [5.74, 6) is -2.51. The summed E-state index contributed by atoms with van der Waals surface area (Å²) in [6.07, 6.45) is 1.12. The minimum absolute atomic E-state index is 0.153. The van der Waals surface area contributed by atoms with Gasteiger partial charge in [0, 0.05) is 43.7 Å². The molecule has 0 bridgehead atoms. The predicted molar refractivity (Wildman–Crippen MR) is 96.4 cm³/mol. The molecule has 3 rings (SSSR count). The number of hydrogen-bond acceptors (Lipinski definition) is 7. The van der Waals surface area contributed by atoms with Crippen molar-refractivity contribution >= 4 is 34.3 Å². The van der Waals surface area contributed by atoms with Crippen molar-refractivity contribution in [3.8, 4) is 0 Å². The summed E-state index contributed by atoms with van der Waals surface area (Å²) in [7, 11) is 0. The third kappa shape index (κ3) is 5.08. The highest BCUT2D eigenvalue weighted by Crippen LogP contribution is 2.26. The number of nitrogens with one attached hydrogen (secondary N) is 1. The third-order valence-corrected chi connectivity index (χ3v) is 3.59. The van der Waals surface area contributed by atoms with Crippen LogP contribution in [-0.4, -0.2) is 48.3 Å². The van der Waals surface area contributed by atoms with E-state index in [1.807, 2.05) is 18.2 Å². The van der Waals surface area contributed by atoms with E-state index in [1.54, 1.807) is 6.07 Å². The molecule has 0 spiro atoms. The molecule has 26 heavy (non-hydrogen) atoms. The normalized spacial score (nSPS) is 14.1. The molecular weight excluding hydrogens is 342 g/mol. The summed E-state index contributed by atoms with van der Waals surface area (Å²) >= 11 is 0. The number of anilines is 2. The van der Waals surface area contributed by atoms with Crippen molar-refractivity contribution in [3.05, 3.63) is 46.8 Å². The van der Waals surface area contributed by atoms with E-state index >= 15 is 0 Å². The first-order chi connectivity index (χ1) is 12.4. The zero-order valence-corrected chi connectivity index (χ0v) is 13.8. The first kappa shape index (κ1) is 19.0. The van der Waals surface area contributed by atoms with Crippen LogP contribution in [0.5, 0.6) is 0 Å². The van der Waals surface area contributed by atoms with E-state index in [0.717, 1.165) is 37.3 Å². The Kier molecular flexibility index (Phi) is 6.34. The minimum atomic E-state index is -1.26. The molecule has 0 saturated carbocycles. The summed E-state index contributed by atoms with van der Waals surface area (Å²) < 4.78 is 5.33. The van der Waals surface area contributed by atoms with Gasteiger partial charge in [0.1, 0.15) is 5.69 Å². The summed E-state index contributed by atoms with van der Waals surface area (Å²) in [5.41, 5.74) is 6.86. The third-order valence-electron chi connectivity index (χ3n) is 3.59. The summed E-state index contributed by atoms with van der Waals surface area (Å²) in [5, 5.41) is 19.8. The Morgan fingerprint density at radius 1 is 1.15 bits per heavy atom. The van der Waals surface area contributed by atoms with Crippen LogP contribution < -0.4 is 21.6 Å². The molecule has 1 aromatic heterocycles.